The molecule has 8 heteroatoms. The van der Waals surface area contributed by atoms with Gasteiger partial charge < -0.3 is 9.84 Å². The van der Waals surface area contributed by atoms with E-state index in [0.29, 0.717) is 8.95 Å². The molecule has 0 aliphatic carbocycles. The van der Waals surface area contributed by atoms with Crippen molar-refractivity contribution in [2.75, 3.05) is 14.2 Å². The summed E-state index contributed by atoms with van der Waals surface area (Å²) >= 11 is 8.17. The number of hydrogen-bond donors (Lipinski definition) is 1. The van der Waals surface area contributed by atoms with Gasteiger partial charge in [0.15, 0.2) is 0 Å². The number of hydrogen-bond acceptors (Lipinski definition) is 5. The van der Waals surface area contributed by atoms with Crippen LogP contribution in [0, 0.1) is 0 Å². The minimum atomic E-state index is 0.157. The first-order valence-electron chi connectivity index (χ1n) is 7.54. The topological polar surface area (TPSA) is 59.1 Å². The van der Waals surface area contributed by atoms with Crippen LogP contribution in [0.2, 0.25) is 0 Å². The lowest BCUT2D eigenvalue weighted by Crippen LogP contribution is -2.11. The number of methoxy groups -OCH3 is 1. The normalized spacial score (nSPS) is 12.1. The molecule has 3 aromatic rings. The Morgan fingerprint density at radius 2 is 1.88 bits per heavy atom. The van der Waals surface area contributed by atoms with E-state index < -0.39 is 0 Å². The van der Waals surface area contributed by atoms with Crippen molar-refractivity contribution < 1.29 is 9.84 Å². The lowest BCUT2D eigenvalue weighted by molar-refractivity contribution is 0.416. The van der Waals surface area contributed by atoms with Crippen LogP contribution in [0.5, 0.6) is 11.5 Å². The molecule has 1 aromatic heterocycles. The van der Waals surface area contributed by atoms with Crippen LogP contribution in [-0.2, 0) is 0 Å². The zero-order valence-electron chi connectivity index (χ0n) is 14.0. The quantitative estimate of drug-likeness (QED) is 0.524. The first kappa shape index (κ1) is 18.9. The SMILES string of the molecule is CN=c1scc(-c2ccccc2OC)n1N=Cc1cc(Br)c(O)c(Br)c1. The molecule has 0 saturated heterocycles. The maximum atomic E-state index is 9.84. The van der Waals surface area contributed by atoms with Gasteiger partial charge in [0.25, 0.3) is 0 Å². The summed E-state index contributed by atoms with van der Waals surface area (Å²) in [6.07, 6.45) is 1.72. The third kappa shape index (κ3) is 3.77. The third-order valence-corrected chi connectivity index (χ3v) is 5.74. The fraction of sp³-hybridized carbons (Fsp3) is 0.111. The number of rotatable bonds is 4. The predicted molar refractivity (Wildman–Crippen MR) is 112 cm³/mol. The third-order valence-electron chi connectivity index (χ3n) is 3.62. The lowest BCUT2D eigenvalue weighted by atomic mass is 10.1. The van der Waals surface area contributed by atoms with Crippen LogP contribution in [0.4, 0.5) is 0 Å². The van der Waals surface area contributed by atoms with E-state index >= 15 is 0 Å². The fourth-order valence-electron chi connectivity index (χ4n) is 2.39. The van der Waals surface area contributed by atoms with Gasteiger partial charge in [-0.3, -0.25) is 4.99 Å². The largest absolute Gasteiger partial charge is 0.506 e. The Hall–Kier alpha value is -1.90. The van der Waals surface area contributed by atoms with E-state index in [-0.39, 0.29) is 5.75 Å². The molecule has 0 unspecified atom stereocenters. The van der Waals surface area contributed by atoms with Crippen LogP contribution >= 0.6 is 43.2 Å². The second-order valence-corrected chi connectivity index (χ2v) is 7.76. The van der Waals surface area contributed by atoms with Crippen molar-refractivity contribution in [2.45, 2.75) is 0 Å². The zero-order valence-corrected chi connectivity index (χ0v) is 18.0. The van der Waals surface area contributed by atoms with Gasteiger partial charge in [0.2, 0.25) is 4.80 Å². The van der Waals surface area contributed by atoms with Gasteiger partial charge in [-0.25, -0.2) is 4.68 Å². The first-order chi connectivity index (χ1) is 12.5. The fourth-order valence-corrected chi connectivity index (χ4v) is 4.40. The summed E-state index contributed by atoms with van der Waals surface area (Å²) < 4.78 is 8.43. The molecular formula is C18H15Br2N3O2S. The molecule has 0 radical (unpaired) electrons. The molecule has 0 bridgehead atoms. The molecule has 0 saturated carbocycles. The lowest BCUT2D eigenvalue weighted by Gasteiger charge is -2.08. The molecular weight excluding hydrogens is 482 g/mol. The van der Waals surface area contributed by atoms with E-state index in [1.54, 1.807) is 37.2 Å². The number of ether oxygens (including phenoxy) is 1. The average molecular weight is 497 g/mol. The molecule has 0 fully saturated rings. The summed E-state index contributed by atoms with van der Waals surface area (Å²) in [6, 6.07) is 11.4. The van der Waals surface area contributed by atoms with Crippen molar-refractivity contribution in [3.63, 3.8) is 0 Å². The highest BCUT2D eigenvalue weighted by Gasteiger charge is 2.12. The van der Waals surface area contributed by atoms with Gasteiger partial charge in [-0.2, -0.15) is 5.10 Å². The number of halogens is 2. The smallest absolute Gasteiger partial charge is 0.205 e. The number of para-hydroxylation sites is 1. The van der Waals surface area contributed by atoms with Crippen molar-refractivity contribution in [3.05, 3.63) is 61.1 Å². The predicted octanol–water partition coefficient (Wildman–Crippen LogP) is 4.87. The minimum Gasteiger partial charge on any atom is -0.506 e. The summed E-state index contributed by atoms with van der Waals surface area (Å²) in [6.45, 7) is 0. The molecule has 134 valence electrons. The molecule has 26 heavy (non-hydrogen) atoms. The Morgan fingerprint density at radius 3 is 2.54 bits per heavy atom. The van der Waals surface area contributed by atoms with Gasteiger partial charge in [0.1, 0.15) is 11.5 Å². The van der Waals surface area contributed by atoms with E-state index in [4.69, 9.17) is 4.74 Å². The maximum Gasteiger partial charge on any atom is 0.205 e. The van der Waals surface area contributed by atoms with Crippen LogP contribution in [0.1, 0.15) is 5.56 Å². The molecule has 0 atom stereocenters. The highest BCUT2D eigenvalue weighted by atomic mass is 79.9. The minimum absolute atomic E-state index is 0.157. The van der Waals surface area contributed by atoms with Crippen molar-refractivity contribution in [3.8, 4) is 22.8 Å². The second kappa shape index (κ2) is 8.20. The van der Waals surface area contributed by atoms with Gasteiger partial charge in [-0.15, -0.1) is 11.3 Å². The first-order valence-corrected chi connectivity index (χ1v) is 10.0. The molecule has 2 aromatic carbocycles. The molecule has 0 amide bonds. The summed E-state index contributed by atoms with van der Waals surface area (Å²) in [5.74, 6) is 0.927. The highest BCUT2D eigenvalue weighted by molar-refractivity contribution is 9.11. The highest BCUT2D eigenvalue weighted by Crippen LogP contribution is 2.33. The summed E-state index contributed by atoms with van der Waals surface area (Å²) in [5, 5.41) is 16.4. The molecule has 1 heterocycles. The van der Waals surface area contributed by atoms with Gasteiger partial charge in [0, 0.05) is 18.0 Å². The second-order valence-electron chi connectivity index (χ2n) is 5.22. The van der Waals surface area contributed by atoms with Gasteiger partial charge >= 0.3 is 0 Å². The van der Waals surface area contributed by atoms with Gasteiger partial charge in [-0.1, -0.05) is 12.1 Å². The number of phenolic OH excluding ortho intramolecular Hbond substituents is 1. The molecule has 5 nitrogen and oxygen atoms in total. The van der Waals surface area contributed by atoms with Crippen molar-refractivity contribution in [1.82, 2.24) is 4.68 Å². The number of phenols is 1. The Balaban J connectivity index is 2.10. The summed E-state index contributed by atoms with van der Waals surface area (Å²) in [5.41, 5.74) is 2.65. The van der Waals surface area contributed by atoms with Gasteiger partial charge in [0.05, 0.1) is 28.0 Å². The van der Waals surface area contributed by atoms with Crippen molar-refractivity contribution in [1.29, 1.82) is 0 Å². The number of nitrogens with zero attached hydrogens (tertiary/aromatic N) is 3. The van der Waals surface area contributed by atoms with Crippen LogP contribution in [0.15, 0.2) is 60.8 Å². The number of benzene rings is 2. The van der Waals surface area contributed by atoms with Crippen LogP contribution in [0.25, 0.3) is 11.3 Å². The van der Waals surface area contributed by atoms with Crippen LogP contribution in [-0.4, -0.2) is 30.2 Å². The monoisotopic (exact) mass is 495 g/mol. The average Bonchev–Trinajstić information content (AvgIpc) is 3.06. The standard InChI is InChI=1S/C18H15Br2N3O2S/c1-21-18-23(22-9-11-7-13(19)17(24)14(20)8-11)15(10-26-18)12-5-3-4-6-16(12)25-2/h3-10,24H,1-2H3. The molecule has 0 aliphatic heterocycles. The number of thiazole rings is 1. The summed E-state index contributed by atoms with van der Waals surface area (Å²) in [7, 11) is 3.38. The number of aromatic hydroxyl groups is 1. The molecule has 0 aliphatic rings. The zero-order chi connectivity index (χ0) is 18.7. The molecule has 1 N–H and O–H groups in total. The molecule has 0 spiro atoms. The van der Waals surface area contributed by atoms with E-state index in [2.05, 4.69) is 42.0 Å². The summed E-state index contributed by atoms with van der Waals surface area (Å²) in [4.78, 5) is 5.07. The van der Waals surface area contributed by atoms with E-state index in [9.17, 15) is 5.11 Å². The van der Waals surface area contributed by atoms with Crippen LogP contribution in [0.3, 0.4) is 0 Å². The van der Waals surface area contributed by atoms with E-state index in [1.807, 2.05) is 29.6 Å². The maximum absolute atomic E-state index is 9.84. The van der Waals surface area contributed by atoms with Crippen molar-refractivity contribution >= 4 is 49.4 Å². The number of aromatic nitrogens is 1. The van der Waals surface area contributed by atoms with E-state index in [0.717, 1.165) is 27.4 Å². The Labute approximate surface area is 171 Å². The van der Waals surface area contributed by atoms with Crippen molar-refractivity contribution in [2.24, 2.45) is 10.1 Å². The van der Waals surface area contributed by atoms with Gasteiger partial charge in [-0.05, 0) is 61.7 Å². The Bertz CT molecular complexity index is 1020. The van der Waals surface area contributed by atoms with E-state index in [1.165, 1.54) is 11.3 Å². The Morgan fingerprint density at radius 1 is 1.19 bits per heavy atom. The Kier molecular flexibility index (Phi) is 5.95. The van der Waals surface area contributed by atoms with Crippen LogP contribution < -0.4 is 9.54 Å². The molecule has 3 rings (SSSR count).